The van der Waals surface area contributed by atoms with Crippen molar-refractivity contribution in [2.24, 2.45) is 0 Å². The van der Waals surface area contributed by atoms with E-state index in [4.69, 9.17) is 0 Å². The van der Waals surface area contributed by atoms with Crippen LogP contribution in [0.5, 0.6) is 0 Å². The third-order valence-electron chi connectivity index (χ3n) is 3.40. The van der Waals surface area contributed by atoms with E-state index in [0.717, 1.165) is 13.1 Å². The maximum absolute atomic E-state index is 2.52. The average Bonchev–Trinajstić information content (AvgIpc) is 2.30. The highest BCUT2D eigenvalue weighted by atomic mass is 15.2. The molecule has 1 aliphatic heterocycles. The van der Waals surface area contributed by atoms with Gasteiger partial charge in [-0.2, -0.15) is 0 Å². The fourth-order valence-corrected chi connectivity index (χ4v) is 2.31. The number of hydrogen-bond acceptors (Lipinski definition) is 2. The molecule has 2 rings (SSSR count). The normalized spacial score (nSPS) is 18.1. The minimum Gasteiger partial charge on any atom is -0.369 e. The first-order valence-corrected chi connectivity index (χ1v) is 6.21. The predicted molar refractivity (Wildman–Crippen MR) is 72.9 cm³/mol. The smallest absolute Gasteiger partial charge is 0.185 e. The number of anilines is 1. The molecule has 0 bridgehead atoms. The van der Waals surface area contributed by atoms with Gasteiger partial charge in [-0.15, -0.1) is 0 Å². The zero-order valence-corrected chi connectivity index (χ0v) is 10.6. The fourth-order valence-electron chi connectivity index (χ4n) is 2.31. The van der Waals surface area contributed by atoms with Crippen LogP contribution in [-0.2, 0) is 0 Å². The lowest BCUT2D eigenvalue weighted by molar-refractivity contribution is 0.414. The molecule has 2 nitrogen and oxygen atoms in total. The second-order valence-corrected chi connectivity index (χ2v) is 5.00. The van der Waals surface area contributed by atoms with Crippen molar-refractivity contribution < 1.29 is 0 Å². The number of piperazine rings is 1. The molecule has 1 saturated heterocycles. The van der Waals surface area contributed by atoms with E-state index in [-0.39, 0.29) is 0 Å². The molecule has 0 unspecified atom stereocenters. The zero-order chi connectivity index (χ0) is 11.5. The van der Waals surface area contributed by atoms with Crippen LogP contribution >= 0.6 is 0 Å². The topological polar surface area (TPSA) is 6.48 Å². The van der Waals surface area contributed by atoms with E-state index in [1.165, 1.54) is 24.3 Å². The number of rotatable bonds is 2. The summed E-state index contributed by atoms with van der Waals surface area (Å²) >= 11 is 0. The highest BCUT2D eigenvalue weighted by Crippen LogP contribution is 2.27. The van der Waals surface area contributed by atoms with Crippen molar-refractivity contribution in [1.29, 1.82) is 0 Å². The zero-order valence-electron chi connectivity index (χ0n) is 10.6. The Morgan fingerprint density at radius 1 is 1.06 bits per heavy atom. The first-order chi connectivity index (χ1) is 7.68. The van der Waals surface area contributed by atoms with Crippen LogP contribution in [0.3, 0.4) is 0 Å². The molecular formula is C13H21BN2. The van der Waals surface area contributed by atoms with Gasteiger partial charge in [0.1, 0.15) is 0 Å². The summed E-state index contributed by atoms with van der Waals surface area (Å²) < 4.78 is 0. The molecule has 16 heavy (non-hydrogen) atoms. The second kappa shape index (κ2) is 4.92. The van der Waals surface area contributed by atoms with Crippen LogP contribution in [0, 0.1) is 0 Å². The summed E-state index contributed by atoms with van der Waals surface area (Å²) in [6.45, 7) is 9.20. The Hall–Kier alpha value is -0.955. The molecule has 86 valence electrons. The lowest BCUT2D eigenvalue weighted by atomic mass is 10.00. The Balaban J connectivity index is 2.19. The molecule has 0 amide bonds. The number of benzene rings is 1. The molecule has 0 radical (unpaired) electrons. The summed E-state index contributed by atoms with van der Waals surface area (Å²) in [7, 11) is 2.20. The monoisotopic (exact) mass is 216 g/mol. The van der Waals surface area contributed by atoms with Crippen molar-refractivity contribution in [3.8, 4) is 0 Å². The summed E-state index contributed by atoms with van der Waals surface area (Å²) in [6.07, 6.45) is 0. The highest BCUT2D eigenvalue weighted by molar-refractivity contribution is 6.04. The molecule has 0 aliphatic carbocycles. The van der Waals surface area contributed by atoms with Gasteiger partial charge in [0.25, 0.3) is 0 Å². The molecule has 0 spiro atoms. The standard InChI is InChI=1S/C13H21BN2/c1-11(2)12-5-3-4-6-13(12)15-7-9-16(14)10-8-15/h3-6,11H,7-10,14H2,1-2H3. The van der Waals surface area contributed by atoms with Crippen LogP contribution in [0.25, 0.3) is 0 Å². The van der Waals surface area contributed by atoms with Gasteiger partial charge in [0, 0.05) is 31.9 Å². The van der Waals surface area contributed by atoms with Crippen molar-refractivity contribution in [2.75, 3.05) is 31.1 Å². The van der Waals surface area contributed by atoms with Gasteiger partial charge in [-0.25, -0.2) is 0 Å². The van der Waals surface area contributed by atoms with Crippen molar-refractivity contribution in [1.82, 2.24) is 4.81 Å². The van der Waals surface area contributed by atoms with E-state index < -0.39 is 0 Å². The van der Waals surface area contributed by atoms with Gasteiger partial charge in [0.15, 0.2) is 7.98 Å². The summed E-state index contributed by atoms with van der Waals surface area (Å²) in [6, 6.07) is 8.83. The predicted octanol–water partition coefficient (Wildman–Crippen LogP) is 1.48. The second-order valence-electron chi connectivity index (χ2n) is 5.00. The van der Waals surface area contributed by atoms with Crippen LogP contribution in [0.2, 0.25) is 0 Å². The van der Waals surface area contributed by atoms with Gasteiger partial charge in [0.05, 0.1) is 0 Å². The minimum atomic E-state index is 0.607. The SMILES string of the molecule is BN1CCN(c2ccccc2C(C)C)CC1. The number of nitrogens with zero attached hydrogens (tertiary/aromatic N) is 2. The maximum Gasteiger partial charge on any atom is 0.185 e. The van der Waals surface area contributed by atoms with Crippen molar-refractivity contribution in [3.05, 3.63) is 29.8 Å². The van der Waals surface area contributed by atoms with E-state index >= 15 is 0 Å². The molecule has 1 aromatic carbocycles. The van der Waals surface area contributed by atoms with Crippen molar-refractivity contribution in [3.63, 3.8) is 0 Å². The quantitative estimate of drug-likeness (QED) is 0.691. The molecule has 3 heteroatoms. The fraction of sp³-hybridized carbons (Fsp3) is 0.538. The highest BCUT2D eigenvalue weighted by Gasteiger charge is 2.17. The Bertz CT molecular complexity index is 344. The Morgan fingerprint density at radius 3 is 2.31 bits per heavy atom. The number of hydrogen-bond donors (Lipinski definition) is 0. The van der Waals surface area contributed by atoms with Gasteiger partial charge in [-0.1, -0.05) is 32.0 Å². The molecular weight excluding hydrogens is 195 g/mol. The van der Waals surface area contributed by atoms with Crippen LogP contribution < -0.4 is 4.90 Å². The first kappa shape index (κ1) is 11.5. The van der Waals surface area contributed by atoms with E-state index in [2.05, 4.69) is 55.8 Å². The van der Waals surface area contributed by atoms with Crippen LogP contribution in [0.15, 0.2) is 24.3 Å². The molecule has 0 atom stereocenters. The third-order valence-corrected chi connectivity index (χ3v) is 3.40. The van der Waals surface area contributed by atoms with E-state index in [9.17, 15) is 0 Å². The molecule has 1 aromatic rings. The molecule has 0 N–H and O–H groups in total. The van der Waals surface area contributed by atoms with Crippen LogP contribution in [0.1, 0.15) is 25.3 Å². The third kappa shape index (κ3) is 2.41. The van der Waals surface area contributed by atoms with Gasteiger partial charge in [0.2, 0.25) is 0 Å². The molecule has 1 aliphatic rings. The van der Waals surface area contributed by atoms with Crippen LogP contribution in [0.4, 0.5) is 5.69 Å². The van der Waals surface area contributed by atoms with Gasteiger partial charge < -0.3 is 9.71 Å². The molecule has 1 fully saturated rings. The number of para-hydroxylation sites is 1. The summed E-state index contributed by atoms with van der Waals surface area (Å²) in [4.78, 5) is 4.92. The summed E-state index contributed by atoms with van der Waals surface area (Å²) in [5, 5.41) is 0. The van der Waals surface area contributed by atoms with E-state index in [0.29, 0.717) is 5.92 Å². The van der Waals surface area contributed by atoms with E-state index in [1.807, 2.05) is 0 Å². The average molecular weight is 216 g/mol. The maximum atomic E-state index is 2.52. The Labute approximate surface area is 99.7 Å². The largest absolute Gasteiger partial charge is 0.369 e. The summed E-state index contributed by atoms with van der Waals surface area (Å²) in [5.74, 6) is 0.607. The van der Waals surface area contributed by atoms with Crippen molar-refractivity contribution >= 4 is 13.7 Å². The first-order valence-electron chi connectivity index (χ1n) is 6.21. The van der Waals surface area contributed by atoms with Gasteiger partial charge in [-0.05, 0) is 17.5 Å². The molecule has 1 heterocycles. The lowest BCUT2D eigenvalue weighted by Crippen LogP contribution is -2.45. The lowest BCUT2D eigenvalue weighted by Gasteiger charge is -2.36. The minimum absolute atomic E-state index is 0.607. The van der Waals surface area contributed by atoms with E-state index in [1.54, 1.807) is 0 Å². The van der Waals surface area contributed by atoms with Gasteiger partial charge >= 0.3 is 0 Å². The Kier molecular flexibility index (Phi) is 3.54. The molecule has 0 saturated carbocycles. The van der Waals surface area contributed by atoms with Crippen molar-refractivity contribution in [2.45, 2.75) is 19.8 Å². The Morgan fingerprint density at radius 2 is 1.69 bits per heavy atom. The van der Waals surface area contributed by atoms with Crippen LogP contribution in [-0.4, -0.2) is 39.0 Å². The molecule has 0 aromatic heterocycles. The summed E-state index contributed by atoms with van der Waals surface area (Å²) in [5.41, 5.74) is 2.91. The van der Waals surface area contributed by atoms with Gasteiger partial charge in [-0.3, -0.25) is 0 Å².